The standard InChI is InChI=1S/C12H18N2O.ClH/c1-10-5-3-6-11(9-10)14(2)12(15)7-4-8-13;/h3,5-6,9H,4,7-8,13H2,1-2H3;1H. The summed E-state index contributed by atoms with van der Waals surface area (Å²) in [5, 5.41) is 0. The third-order valence-electron chi connectivity index (χ3n) is 2.36. The fourth-order valence-corrected chi connectivity index (χ4v) is 1.40. The lowest BCUT2D eigenvalue weighted by Crippen LogP contribution is -2.26. The van der Waals surface area contributed by atoms with Crippen LogP contribution in [-0.4, -0.2) is 19.5 Å². The van der Waals surface area contributed by atoms with Crippen LogP contribution in [0, 0.1) is 6.92 Å². The summed E-state index contributed by atoms with van der Waals surface area (Å²) in [4.78, 5) is 13.4. The highest BCUT2D eigenvalue weighted by Crippen LogP contribution is 2.15. The van der Waals surface area contributed by atoms with E-state index in [0.29, 0.717) is 13.0 Å². The highest BCUT2D eigenvalue weighted by molar-refractivity contribution is 5.92. The number of anilines is 1. The molecule has 0 atom stereocenters. The number of nitrogens with two attached hydrogens (primary N) is 1. The number of halogens is 1. The summed E-state index contributed by atoms with van der Waals surface area (Å²) in [6.07, 6.45) is 1.26. The van der Waals surface area contributed by atoms with Crippen LogP contribution in [0.4, 0.5) is 5.69 Å². The zero-order chi connectivity index (χ0) is 11.3. The molecule has 1 rings (SSSR count). The molecule has 0 saturated heterocycles. The Balaban J connectivity index is 0.00000225. The molecule has 0 saturated carbocycles. The van der Waals surface area contributed by atoms with Crippen LogP contribution in [-0.2, 0) is 4.79 Å². The second-order valence-electron chi connectivity index (χ2n) is 3.68. The van der Waals surface area contributed by atoms with Crippen LogP contribution in [0.2, 0.25) is 0 Å². The molecule has 0 heterocycles. The highest BCUT2D eigenvalue weighted by atomic mass is 35.5. The van der Waals surface area contributed by atoms with Crippen molar-refractivity contribution in [1.29, 1.82) is 0 Å². The minimum atomic E-state index is 0. The molecule has 16 heavy (non-hydrogen) atoms. The monoisotopic (exact) mass is 242 g/mol. The molecule has 0 fully saturated rings. The first-order valence-electron chi connectivity index (χ1n) is 5.18. The van der Waals surface area contributed by atoms with Gasteiger partial charge in [-0.3, -0.25) is 4.79 Å². The van der Waals surface area contributed by atoms with Crippen molar-refractivity contribution in [3.05, 3.63) is 29.8 Å². The quantitative estimate of drug-likeness (QED) is 0.879. The van der Waals surface area contributed by atoms with Crippen molar-refractivity contribution in [1.82, 2.24) is 0 Å². The van der Waals surface area contributed by atoms with Gasteiger partial charge >= 0.3 is 0 Å². The molecule has 3 nitrogen and oxygen atoms in total. The van der Waals surface area contributed by atoms with Gasteiger partial charge in [0, 0.05) is 19.2 Å². The molecule has 2 N–H and O–H groups in total. The fraction of sp³-hybridized carbons (Fsp3) is 0.417. The van der Waals surface area contributed by atoms with Crippen LogP contribution in [0.25, 0.3) is 0 Å². The van der Waals surface area contributed by atoms with Gasteiger partial charge < -0.3 is 10.6 Å². The third-order valence-corrected chi connectivity index (χ3v) is 2.36. The number of benzene rings is 1. The Kier molecular flexibility index (Phi) is 6.77. The van der Waals surface area contributed by atoms with E-state index in [2.05, 4.69) is 0 Å². The van der Waals surface area contributed by atoms with E-state index in [1.165, 1.54) is 0 Å². The van der Waals surface area contributed by atoms with Crippen molar-refractivity contribution in [3.63, 3.8) is 0 Å². The smallest absolute Gasteiger partial charge is 0.226 e. The topological polar surface area (TPSA) is 46.3 Å². The molecule has 0 aliphatic rings. The lowest BCUT2D eigenvalue weighted by Gasteiger charge is -2.17. The molecule has 1 aromatic carbocycles. The molecule has 0 aromatic heterocycles. The number of nitrogens with zero attached hydrogens (tertiary/aromatic N) is 1. The van der Waals surface area contributed by atoms with Gasteiger partial charge in [-0.1, -0.05) is 12.1 Å². The number of amides is 1. The van der Waals surface area contributed by atoms with Gasteiger partial charge in [0.1, 0.15) is 0 Å². The average molecular weight is 243 g/mol. The second-order valence-corrected chi connectivity index (χ2v) is 3.68. The highest BCUT2D eigenvalue weighted by Gasteiger charge is 2.09. The van der Waals surface area contributed by atoms with Crippen molar-refractivity contribution < 1.29 is 4.79 Å². The summed E-state index contributed by atoms with van der Waals surface area (Å²) >= 11 is 0. The number of carbonyl (C=O) groups is 1. The number of carbonyl (C=O) groups excluding carboxylic acids is 1. The first kappa shape index (κ1) is 14.9. The van der Waals surface area contributed by atoms with E-state index in [1.807, 2.05) is 31.2 Å². The number of hydrogen-bond donors (Lipinski definition) is 1. The zero-order valence-corrected chi connectivity index (χ0v) is 10.6. The lowest BCUT2D eigenvalue weighted by molar-refractivity contribution is -0.118. The van der Waals surface area contributed by atoms with Gasteiger partial charge in [0.05, 0.1) is 0 Å². The predicted molar refractivity (Wildman–Crippen MR) is 70.1 cm³/mol. The molecule has 0 bridgehead atoms. The molecule has 90 valence electrons. The number of hydrogen-bond acceptors (Lipinski definition) is 2. The van der Waals surface area contributed by atoms with Crippen molar-refractivity contribution >= 4 is 24.0 Å². The minimum absolute atomic E-state index is 0. The van der Waals surface area contributed by atoms with Gasteiger partial charge in [0.25, 0.3) is 0 Å². The van der Waals surface area contributed by atoms with Gasteiger partial charge in [-0.15, -0.1) is 12.4 Å². The Bertz CT molecular complexity index is 342. The first-order chi connectivity index (χ1) is 7.15. The van der Waals surface area contributed by atoms with Crippen LogP contribution in [0.5, 0.6) is 0 Å². The summed E-state index contributed by atoms with van der Waals surface area (Å²) < 4.78 is 0. The Morgan fingerprint density at radius 2 is 2.12 bits per heavy atom. The van der Waals surface area contributed by atoms with Gasteiger partial charge in [-0.25, -0.2) is 0 Å². The summed E-state index contributed by atoms with van der Waals surface area (Å²) in [5.74, 6) is 0.117. The van der Waals surface area contributed by atoms with E-state index in [9.17, 15) is 4.79 Å². The van der Waals surface area contributed by atoms with Gasteiger partial charge in [-0.2, -0.15) is 0 Å². The van der Waals surface area contributed by atoms with Crippen LogP contribution in [0.15, 0.2) is 24.3 Å². The molecular weight excluding hydrogens is 224 g/mol. The molecule has 0 unspecified atom stereocenters. The van der Waals surface area contributed by atoms with Crippen LogP contribution in [0.1, 0.15) is 18.4 Å². The van der Waals surface area contributed by atoms with Crippen LogP contribution in [0.3, 0.4) is 0 Å². The summed E-state index contributed by atoms with van der Waals surface area (Å²) in [6, 6.07) is 7.91. The SMILES string of the molecule is Cc1cccc(N(C)C(=O)CCCN)c1.Cl. The Morgan fingerprint density at radius 1 is 1.44 bits per heavy atom. The van der Waals surface area contributed by atoms with E-state index in [-0.39, 0.29) is 18.3 Å². The maximum Gasteiger partial charge on any atom is 0.226 e. The van der Waals surface area contributed by atoms with Crippen molar-refractivity contribution in [2.24, 2.45) is 5.73 Å². The van der Waals surface area contributed by atoms with E-state index >= 15 is 0 Å². The van der Waals surface area contributed by atoms with E-state index in [1.54, 1.807) is 11.9 Å². The van der Waals surface area contributed by atoms with Crippen molar-refractivity contribution in [3.8, 4) is 0 Å². The maximum absolute atomic E-state index is 11.7. The predicted octanol–water partition coefficient (Wildman–Crippen LogP) is 2.12. The normalized spacial score (nSPS) is 9.44. The molecule has 0 aliphatic carbocycles. The Morgan fingerprint density at radius 3 is 2.69 bits per heavy atom. The lowest BCUT2D eigenvalue weighted by atomic mass is 10.2. The summed E-state index contributed by atoms with van der Waals surface area (Å²) in [6.45, 7) is 2.58. The molecule has 4 heteroatoms. The average Bonchev–Trinajstić information content (AvgIpc) is 2.24. The number of rotatable bonds is 4. The zero-order valence-electron chi connectivity index (χ0n) is 9.77. The largest absolute Gasteiger partial charge is 0.330 e. The molecule has 1 aromatic rings. The Hall–Kier alpha value is -1.06. The third kappa shape index (κ3) is 4.21. The summed E-state index contributed by atoms with van der Waals surface area (Å²) in [7, 11) is 1.80. The molecular formula is C12H19ClN2O. The van der Waals surface area contributed by atoms with Gasteiger partial charge in [0.2, 0.25) is 5.91 Å². The van der Waals surface area contributed by atoms with Crippen molar-refractivity contribution in [2.75, 3.05) is 18.5 Å². The molecule has 0 aliphatic heterocycles. The summed E-state index contributed by atoms with van der Waals surface area (Å²) in [5.41, 5.74) is 7.47. The van der Waals surface area contributed by atoms with E-state index in [0.717, 1.165) is 17.7 Å². The van der Waals surface area contributed by atoms with Gasteiger partial charge in [-0.05, 0) is 37.6 Å². The van der Waals surface area contributed by atoms with Gasteiger partial charge in [0.15, 0.2) is 0 Å². The van der Waals surface area contributed by atoms with E-state index in [4.69, 9.17) is 5.73 Å². The maximum atomic E-state index is 11.7. The van der Waals surface area contributed by atoms with E-state index < -0.39 is 0 Å². The second kappa shape index (κ2) is 7.25. The fourth-order valence-electron chi connectivity index (χ4n) is 1.40. The first-order valence-corrected chi connectivity index (χ1v) is 5.18. The Labute approximate surface area is 103 Å². The van der Waals surface area contributed by atoms with Crippen molar-refractivity contribution in [2.45, 2.75) is 19.8 Å². The van der Waals surface area contributed by atoms with Crippen LogP contribution < -0.4 is 10.6 Å². The van der Waals surface area contributed by atoms with Crippen LogP contribution >= 0.6 is 12.4 Å². The molecule has 0 spiro atoms. The molecule has 1 amide bonds. The molecule has 0 radical (unpaired) electrons. The number of aryl methyl sites for hydroxylation is 1. The minimum Gasteiger partial charge on any atom is -0.330 e.